The van der Waals surface area contributed by atoms with Crippen molar-refractivity contribution in [2.45, 2.75) is 31.8 Å². The molecular weight excluding hydrogens is 260 g/mol. The lowest BCUT2D eigenvalue weighted by molar-refractivity contribution is -0.142. The average molecular weight is 280 g/mol. The Hall–Kier alpha value is -1.47. The van der Waals surface area contributed by atoms with Crippen LogP contribution < -0.4 is 0 Å². The normalized spacial score (nSPS) is 24.8. The highest BCUT2D eigenvalue weighted by Gasteiger charge is 2.32. The van der Waals surface area contributed by atoms with E-state index < -0.39 is 0 Å². The fraction of sp³-hybridized carbons (Fsp3) is 0.769. The van der Waals surface area contributed by atoms with E-state index in [9.17, 15) is 4.79 Å². The zero-order chi connectivity index (χ0) is 13.8. The van der Waals surface area contributed by atoms with Crippen LogP contribution in [0.2, 0.25) is 0 Å². The predicted octanol–water partition coefficient (Wildman–Crippen LogP) is 0.283. The van der Waals surface area contributed by atoms with Crippen LogP contribution in [0.5, 0.6) is 0 Å². The van der Waals surface area contributed by atoms with E-state index in [1.165, 1.54) is 0 Å². The van der Waals surface area contributed by atoms with Gasteiger partial charge in [0.1, 0.15) is 5.69 Å². The van der Waals surface area contributed by atoms with Crippen LogP contribution in [0, 0.1) is 0 Å². The van der Waals surface area contributed by atoms with Crippen molar-refractivity contribution in [1.82, 2.24) is 20.1 Å². The molecule has 1 aromatic heterocycles. The van der Waals surface area contributed by atoms with Crippen LogP contribution in [-0.2, 0) is 16.1 Å². The van der Waals surface area contributed by atoms with Crippen LogP contribution in [0.3, 0.4) is 0 Å². The number of likely N-dealkylation sites (tertiary alicyclic amines) is 1. The molecule has 0 aliphatic carbocycles. The van der Waals surface area contributed by atoms with Gasteiger partial charge in [0, 0.05) is 19.6 Å². The van der Waals surface area contributed by atoms with Crippen LogP contribution in [0.25, 0.3) is 0 Å². The Morgan fingerprint density at radius 3 is 2.90 bits per heavy atom. The van der Waals surface area contributed by atoms with Gasteiger partial charge in [0.25, 0.3) is 0 Å². The van der Waals surface area contributed by atoms with E-state index in [1.54, 1.807) is 6.20 Å². The second-order valence-corrected chi connectivity index (χ2v) is 5.32. The van der Waals surface area contributed by atoms with Crippen LogP contribution in [-0.4, -0.2) is 64.9 Å². The van der Waals surface area contributed by atoms with Gasteiger partial charge in [-0.3, -0.25) is 9.69 Å². The van der Waals surface area contributed by atoms with Crippen molar-refractivity contribution in [1.29, 1.82) is 0 Å². The Labute approximate surface area is 117 Å². The third-order valence-corrected chi connectivity index (χ3v) is 3.99. The van der Waals surface area contributed by atoms with Gasteiger partial charge in [0.15, 0.2) is 0 Å². The monoisotopic (exact) mass is 280 g/mol. The smallest absolute Gasteiger partial charge is 0.240 e. The van der Waals surface area contributed by atoms with Crippen molar-refractivity contribution in [3.63, 3.8) is 0 Å². The van der Waals surface area contributed by atoms with Crippen LogP contribution in [0.4, 0.5) is 0 Å². The molecule has 0 N–H and O–H groups in total. The van der Waals surface area contributed by atoms with Crippen LogP contribution in [0.1, 0.15) is 25.0 Å². The van der Waals surface area contributed by atoms with Gasteiger partial charge in [0.05, 0.1) is 25.5 Å². The summed E-state index contributed by atoms with van der Waals surface area (Å²) < 4.78 is 9.94. The SMILES string of the molecule is O=C(C1CCCCN1Cc1cnon1)N1CCOCC1. The lowest BCUT2D eigenvalue weighted by Gasteiger charge is -2.38. The summed E-state index contributed by atoms with van der Waals surface area (Å²) in [5.74, 6) is 0.226. The molecule has 1 atom stereocenters. The van der Waals surface area contributed by atoms with E-state index in [0.29, 0.717) is 32.8 Å². The zero-order valence-corrected chi connectivity index (χ0v) is 11.5. The van der Waals surface area contributed by atoms with Gasteiger partial charge in [-0.1, -0.05) is 16.7 Å². The minimum absolute atomic E-state index is 0.0430. The summed E-state index contributed by atoms with van der Waals surface area (Å²) in [6, 6.07) is -0.0430. The highest BCUT2D eigenvalue weighted by Crippen LogP contribution is 2.21. The highest BCUT2D eigenvalue weighted by atomic mass is 16.6. The molecular formula is C13H20N4O3. The Morgan fingerprint density at radius 2 is 2.15 bits per heavy atom. The van der Waals surface area contributed by atoms with Gasteiger partial charge < -0.3 is 9.64 Å². The molecule has 0 radical (unpaired) electrons. The third kappa shape index (κ3) is 2.99. The number of ether oxygens (including phenoxy) is 1. The van der Waals surface area contributed by atoms with Crippen molar-refractivity contribution >= 4 is 5.91 Å². The summed E-state index contributed by atoms with van der Waals surface area (Å²) in [7, 11) is 0. The minimum Gasteiger partial charge on any atom is -0.378 e. The van der Waals surface area contributed by atoms with Crippen molar-refractivity contribution < 1.29 is 14.2 Å². The van der Waals surface area contributed by atoms with Gasteiger partial charge in [-0.15, -0.1) is 0 Å². The summed E-state index contributed by atoms with van der Waals surface area (Å²) in [6.45, 7) is 4.25. The number of aromatic nitrogens is 2. The van der Waals surface area contributed by atoms with E-state index in [1.807, 2.05) is 4.90 Å². The van der Waals surface area contributed by atoms with Gasteiger partial charge in [-0.05, 0) is 19.4 Å². The van der Waals surface area contributed by atoms with Crippen LogP contribution >= 0.6 is 0 Å². The Bertz CT molecular complexity index is 431. The first-order valence-corrected chi connectivity index (χ1v) is 7.21. The molecule has 7 heteroatoms. The number of nitrogens with zero attached hydrogens (tertiary/aromatic N) is 4. The average Bonchev–Trinajstić information content (AvgIpc) is 3.01. The summed E-state index contributed by atoms with van der Waals surface area (Å²) >= 11 is 0. The van der Waals surface area contributed by atoms with Gasteiger partial charge in [-0.2, -0.15) is 0 Å². The number of hydrogen-bond acceptors (Lipinski definition) is 6. The molecule has 1 amide bonds. The predicted molar refractivity (Wildman–Crippen MR) is 69.7 cm³/mol. The van der Waals surface area contributed by atoms with Crippen molar-refractivity contribution in [2.24, 2.45) is 0 Å². The summed E-state index contributed by atoms with van der Waals surface area (Å²) in [5.41, 5.74) is 0.784. The lowest BCUT2D eigenvalue weighted by Crippen LogP contribution is -2.53. The third-order valence-electron chi connectivity index (χ3n) is 3.99. The maximum atomic E-state index is 12.7. The maximum Gasteiger partial charge on any atom is 0.240 e. The number of piperidine rings is 1. The molecule has 2 aliphatic rings. The summed E-state index contributed by atoms with van der Waals surface area (Å²) in [4.78, 5) is 16.8. The first kappa shape index (κ1) is 13.5. The van der Waals surface area contributed by atoms with Crippen molar-refractivity contribution in [2.75, 3.05) is 32.8 Å². The number of carbonyl (C=O) groups is 1. The van der Waals surface area contributed by atoms with Crippen molar-refractivity contribution in [3.05, 3.63) is 11.9 Å². The van der Waals surface area contributed by atoms with E-state index in [2.05, 4.69) is 19.8 Å². The Balaban J connectivity index is 1.66. The molecule has 0 aromatic carbocycles. The quantitative estimate of drug-likeness (QED) is 0.792. The number of hydrogen-bond donors (Lipinski definition) is 0. The fourth-order valence-electron chi connectivity index (χ4n) is 2.92. The molecule has 3 heterocycles. The molecule has 0 saturated carbocycles. The molecule has 2 aliphatic heterocycles. The second kappa shape index (κ2) is 6.32. The van der Waals surface area contributed by atoms with E-state index in [0.717, 1.165) is 31.5 Å². The Morgan fingerprint density at radius 1 is 1.30 bits per heavy atom. The number of amides is 1. The topological polar surface area (TPSA) is 71.7 Å². The molecule has 0 bridgehead atoms. The molecule has 7 nitrogen and oxygen atoms in total. The molecule has 20 heavy (non-hydrogen) atoms. The summed E-state index contributed by atoms with van der Waals surface area (Å²) in [5, 5.41) is 7.47. The van der Waals surface area contributed by atoms with E-state index >= 15 is 0 Å². The molecule has 2 fully saturated rings. The molecule has 2 saturated heterocycles. The minimum atomic E-state index is -0.0430. The second-order valence-electron chi connectivity index (χ2n) is 5.32. The molecule has 3 rings (SSSR count). The van der Waals surface area contributed by atoms with Crippen molar-refractivity contribution in [3.8, 4) is 0 Å². The molecule has 0 spiro atoms. The summed E-state index contributed by atoms with van der Waals surface area (Å²) in [6.07, 6.45) is 4.76. The number of carbonyl (C=O) groups excluding carboxylic acids is 1. The first-order valence-electron chi connectivity index (χ1n) is 7.21. The highest BCUT2D eigenvalue weighted by molar-refractivity contribution is 5.82. The molecule has 1 unspecified atom stereocenters. The number of morpholine rings is 1. The van der Waals surface area contributed by atoms with Gasteiger partial charge in [0.2, 0.25) is 5.91 Å². The maximum absolute atomic E-state index is 12.7. The molecule has 1 aromatic rings. The first-order chi connectivity index (χ1) is 9.84. The fourth-order valence-corrected chi connectivity index (χ4v) is 2.92. The lowest BCUT2D eigenvalue weighted by atomic mass is 10.0. The standard InChI is InChI=1S/C13H20N4O3/c18-13(16-5-7-19-8-6-16)12-3-1-2-4-17(12)10-11-9-14-20-15-11/h9,12H,1-8,10H2. The van der Waals surface area contributed by atoms with Gasteiger partial charge in [-0.25, -0.2) is 4.63 Å². The molecule has 110 valence electrons. The van der Waals surface area contributed by atoms with E-state index in [-0.39, 0.29) is 11.9 Å². The van der Waals surface area contributed by atoms with Gasteiger partial charge >= 0.3 is 0 Å². The van der Waals surface area contributed by atoms with Crippen LogP contribution in [0.15, 0.2) is 10.8 Å². The largest absolute Gasteiger partial charge is 0.378 e. The Kier molecular flexibility index (Phi) is 4.27. The van der Waals surface area contributed by atoms with E-state index in [4.69, 9.17) is 4.74 Å². The zero-order valence-electron chi connectivity index (χ0n) is 11.5. The number of rotatable bonds is 3.